The highest BCUT2D eigenvalue weighted by Crippen LogP contribution is 2.23. The molecular formula is C11H12N4O2. The number of aromatic nitrogens is 2. The van der Waals surface area contributed by atoms with Crippen molar-refractivity contribution < 1.29 is 9.90 Å². The van der Waals surface area contributed by atoms with E-state index in [1.807, 2.05) is 0 Å². The van der Waals surface area contributed by atoms with Gasteiger partial charge in [0.25, 0.3) is 5.91 Å². The van der Waals surface area contributed by atoms with Crippen LogP contribution in [0.3, 0.4) is 0 Å². The molecule has 0 atom stereocenters. The summed E-state index contributed by atoms with van der Waals surface area (Å²) < 4.78 is 1.46. The fourth-order valence-corrected chi connectivity index (χ4v) is 1.45. The fraction of sp³-hybridized carbons (Fsp3) is 0.0909. The van der Waals surface area contributed by atoms with Crippen molar-refractivity contribution in [1.29, 1.82) is 0 Å². The number of nitrogens with zero attached hydrogens (tertiary/aromatic N) is 2. The third-order valence-corrected chi connectivity index (χ3v) is 2.34. The molecule has 0 aliphatic carbocycles. The number of nitrogens with two attached hydrogens (primary N) is 1. The summed E-state index contributed by atoms with van der Waals surface area (Å²) in [5.41, 5.74) is 6.85. The third kappa shape index (κ3) is 2.20. The van der Waals surface area contributed by atoms with E-state index in [9.17, 15) is 9.90 Å². The number of aromatic hydroxyl groups is 1. The summed E-state index contributed by atoms with van der Waals surface area (Å²) in [7, 11) is 1.68. The Kier molecular flexibility index (Phi) is 2.70. The van der Waals surface area contributed by atoms with Crippen molar-refractivity contribution in [2.75, 3.05) is 11.1 Å². The molecule has 0 unspecified atom stereocenters. The van der Waals surface area contributed by atoms with E-state index in [-0.39, 0.29) is 11.7 Å². The zero-order valence-corrected chi connectivity index (χ0v) is 9.21. The number of phenolic OH excluding ortho intramolecular Hbond substituents is 1. The number of hydrogen-bond donors (Lipinski definition) is 3. The van der Waals surface area contributed by atoms with Gasteiger partial charge in [-0.1, -0.05) is 0 Å². The first kappa shape index (κ1) is 11.0. The minimum atomic E-state index is -0.303. The van der Waals surface area contributed by atoms with Crippen molar-refractivity contribution >= 4 is 17.3 Å². The molecule has 0 radical (unpaired) electrons. The van der Waals surface area contributed by atoms with E-state index in [4.69, 9.17) is 5.73 Å². The number of carbonyl (C=O) groups is 1. The van der Waals surface area contributed by atoms with E-state index >= 15 is 0 Å². The molecule has 1 amide bonds. The van der Waals surface area contributed by atoms with Crippen LogP contribution >= 0.6 is 0 Å². The van der Waals surface area contributed by atoms with Crippen molar-refractivity contribution in [1.82, 2.24) is 9.78 Å². The van der Waals surface area contributed by atoms with Gasteiger partial charge in [-0.05, 0) is 18.2 Å². The standard InChI is InChI=1S/C11H12N4O2/c1-15-10(4-5-13-15)11(17)14-9-3-2-7(16)6-8(9)12/h2-6,16H,12H2,1H3,(H,14,17). The van der Waals surface area contributed by atoms with Crippen molar-refractivity contribution in [3.63, 3.8) is 0 Å². The van der Waals surface area contributed by atoms with E-state index in [0.717, 1.165) is 0 Å². The molecule has 0 saturated heterocycles. The van der Waals surface area contributed by atoms with Crippen LogP contribution in [0.25, 0.3) is 0 Å². The van der Waals surface area contributed by atoms with Crippen LogP contribution in [-0.2, 0) is 7.05 Å². The average molecular weight is 232 g/mol. The van der Waals surface area contributed by atoms with Crippen LogP contribution in [0, 0.1) is 0 Å². The van der Waals surface area contributed by atoms with E-state index in [1.54, 1.807) is 19.2 Å². The number of nitrogen functional groups attached to an aromatic ring is 1. The molecule has 6 heteroatoms. The quantitative estimate of drug-likeness (QED) is 0.531. The second kappa shape index (κ2) is 4.17. The van der Waals surface area contributed by atoms with Gasteiger partial charge in [0.1, 0.15) is 11.4 Å². The summed E-state index contributed by atoms with van der Waals surface area (Å²) in [6.45, 7) is 0. The summed E-state index contributed by atoms with van der Waals surface area (Å²) in [6.07, 6.45) is 1.54. The number of nitrogens with one attached hydrogen (secondary N) is 1. The van der Waals surface area contributed by atoms with E-state index < -0.39 is 0 Å². The molecule has 17 heavy (non-hydrogen) atoms. The average Bonchev–Trinajstić information content (AvgIpc) is 2.68. The fourth-order valence-electron chi connectivity index (χ4n) is 1.45. The first-order valence-electron chi connectivity index (χ1n) is 4.96. The van der Waals surface area contributed by atoms with E-state index in [1.165, 1.54) is 23.0 Å². The number of hydrogen-bond acceptors (Lipinski definition) is 4. The molecule has 0 fully saturated rings. The largest absolute Gasteiger partial charge is 0.508 e. The number of phenols is 1. The lowest BCUT2D eigenvalue weighted by Crippen LogP contribution is -2.16. The lowest BCUT2D eigenvalue weighted by Gasteiger charge is -2.08. The van der Waals surface area contributed by atoms with E-state index in [2.05, 4.69) is 10.4 Å². The molecule has 1 aromatic heterocycles. The second-order valence-corrected chi connectivity index (χ2v) is 3.57. The number of amides is 1. The molecule has 2 aromatic rings. The zero-order chi connectivity index (χ0) is 12.4. The maximum absolute atomic E-state index is 11.8. The first-order valence-corrected chi connectivity index (χ1v) is 4.96. The maximum Gasteiger partial charge on any atom is 0.273 e. The minimum Gasteiger partial charge on any atom is -0.508 e. The van der Waals surface area contributed by atoms with E-state index in [0.29, 0.717) is 17.1 Å². The number of carbonyl (C=O) groups excluding carboxylic acids is 1. The summed E-state index contributed by atoms with van der Waals surface area (Å²) in [6, 6.07) is 5.97. The summed E-state index contributed by atoms with van der Waals surface area (Å²) in [5, 5.41) is 15.7. The lowest BCUT2D eigenvalue weighted by atomic mass is 10.2. The van der Waals surface area contributed by atoms with Gasteiger partial charge in [0.15, 0.2) is 0 Å². The molecule has 2 rings (SSSR count). The van der Waals surface area contributed by atoms with Crippen molar-refractivity contribution in [3.8, 4) is 5.75 Å². The summed E-state index contributed by atoms with van der Waals surface area (Å²) >= 11 is 0. The van der Waals surface area contributed by atoms with Crippen LogP contribution in [0.15, 0.2) is 30.5 Å². The molecule has 0 spiro atoms. The molecule has 1 aromatic carbocycles. The van der Waals surface area contributed by atoms with Gasteiger partial charge in [-0.15, -0.1) is 0 Å². The van der Waals surface area contributed by atoms with Gasteiger partial charge >= 0.3 is 0 Å². The topological polar surface area (TPSA) is 93.2 Å². The van der Waals surface area contributed by atoms with Gasteiger partial charge in [0.2, 0.25) is 0 Å². The number of anilines is 2. The number of aryl methyl sites for hydroxylation is 1. The molecule has 0 bridgehead atoms. The smallest absolute Gasteiger partial charge is 0.273 e. The zero-order valence-electron chi connectivity index (χ0n) is 9.21. The maximum atomic E-state index is 11.8. The highest BCUT2D eigenvalue weighted by Gasteiger charge is 2.11. The van der Waals surface area contributed by atoms with Crippen LogP contribution in [0.4, 0.5) is 11.4 Å². The highest BCUT2D eigenvalue weighted by atomic mass is 16.3. The predicted octanol–water partition coefficient (Wildman–Crippen LogP) is 0.960. The molecule has 88 valence electrons. The van der Waals surface area contributed by atoms with Gasteiger partial charge in [0.05, 0.1) is 11.4 Å². The molecular weight excluding hydrogens is 220 g/mol. The Labute approximate surface area is 97.7 Å². The van der Waals surface area contributed by atoms with Gasteiger partial charge in [-0.25, -0.2) is 0 Å². The predicted molar refractivity (Wildman–Crippen MR) is 63.7 cm³/mol. The normalized spacial score (nSPS) is 10.2. The monoisotopic (exact) mass is 232 g/mol. The van der Waals surface area contributed by atoms with Crippen LogP contribution < -0.4 is 11.1 Å². The number of rotatable bonds is 2. The molecule has 0 aliphatic heterocycles. The summed E-state index contributed by atoms with van der Waals surface area (Å²) in [5.74, 6) is -0.247. The molecule has 6 nitrogen and oxygen atoms in total. The Hall–Kier alpha value is -2.50. The Morgan fingerprint density at radius 1 is 1.47 bits per heavy atom. The Morgan fingerprint density at radius 2 is 2.24 bits per heavy atom. The van der Waals surface area contributed by atoms with Gasteiger partial charge in [-0.2, -0.15) is 5.10 Å². The summed E-state index contributed by atoms with van der Waals surface area (Å²) in [4.78, 5) is 11.8. The van der Waals surface area contributed by atoms with Crippen molar-refractivity contribution in [3.05, 3.63) is 36.2 Å². The highest BCUT2D eigenvalue weighted by molar-refractivity contribution is 6.04. The second-order valence-electron chi connectivity index (χ2n) is 3.57. The first-order chi connectivity index (χ1) is 8.08. The molecule has 0 aliphatic rings. The van der Waals surface area contributed by atoms with Crippen LogP contribution in [-0.4, -0.2) is 20.8 Å². The van der Waals surface area contributed by atoms with Crippen molar-refractivity contribution in [2.45, 2.75) is 0 Å². The van der Waals surface area contributed by atoms with Crippen LogP contribution in [0.2, 0.25) is 0 Å². The third-order valence-electron chi connectivity index (χ3n) is 2.34. The number of benzene rings is 1. The van der Waals surface area contributed by atoms with Crippen molar-refractivity contribution in [2.24, 2.45) is 7.05 Å². The Balaban J connectivity index is 2.22. The Morgan fingerprint density at radius 3 is 2.82 bits per heavy atom. The van der Waals surface area contributed by atoms with Gasteiger partial charge < -0.3 is 16.2 Å². The minimum absolute atomic E-state index is 0.0565. The van der Waals surface area contributed by atoms with Gasteiger partial charge in [0, 0.05) is 19.3 Å². The molecule has 0 saturated carbocycles. The Bertz CT molecular complexity index is 562. The molecule has 1 heterocycles. The SMILES string of the molecule is Cn1nccc1C(=O)Nc1ccc(O)cc1N. The van der Waals surface area contributed by atoms with Crippen LogP contribution in [0.1, 0.15) is 10.5 Å². The van der Waals surface area contributed by atoms with Crippen LogP contribution in [0.5, 0.6) is 5.75 Å². The van der Waals surface area contributed by atoms with Gasteiger partial charge in [-0.3, -0.25) is 9.48 Å². The lowest BCUT2D eigenvalue weighted by molar-refractivity contribution is 0.101. The molecule has 4 N–H and O–H groups in total.